The van der Waals surface area contributed by atoms with Gasteiger partial charge in [0.25, 0.3) is 5.91 Å². The third kappa shape index (κ3) is 5.15. The largest absolute Gasteiger partial charge is 0.444 e. The van der Waals surface area contributed by atoms with Crippen LogP contribution in [-0.4, -0.2) is 28.7 Å². The van der Waals surface area contributed by atoms with E-state index in [1.165, 1.54) is 0 Å². The third-order valence-corrected chi connectivity index (χ3v) is 3.69. The predicted molar refractivity (Wildman–Crippen MR) is 99.3 cm³/mol. The quantitative estimate of drug-likeness (QED) is 0.354. The number of rotatable bonds is 5. The summed E-state index contributed by atoms with van der Waals surface area (Å²) in [5.41, 5.74) is 9.03. The fourth-order valence-corrected chi connectivity index (χ4v) is 2.65. The fourth-order valence-electron chi connectivity index (χ4n) is 2.47. The van der Waals surface area contributed by atoms with Gasteiger partial charge < -0.3 is 14.6 Å². The standard InChI is InChI=1S/C17H20ClN5O3/c1-17(2,3)26-16(25)20-7-4-8-23-10-13(15(24)21-22-19)12-9-11(18)5-6-14(12)23/h5-6,9-10H,4,7-8H2,1-3H3,(H,20,25). The second kappa shape index (κ2) is 8.12. The molecular weight excluding hydrogens is 358 g/mol. The second-order valence-electron chi connectivity index (χ2n) is 6.67. The Bertz CT molecular complexity index is 878. The van der Waals surface area contributed by atoms with E-state index in [-0.39, 0.29) is 0 Å². The molecule has 0 aliphatic heterocycles. The number of aryl methyl sites for hydroxylation is 1. The molecule has 0 aliphatic rings. The van der Waals surface area contributed by atoms with Gasteiger partial charge in [0.05, 0.1) is 0 Å². The number of carbonyl (C=O) groups is 2. The van der Waals surface area contributed by atoms with Crippen LogP contribution in [0.4, 0.5) is 4.79 Å². The zero-order valence-electron chi connectivity index (χ0n) is 14.8. The minimum absolute atomic E-state index is 0.292. The van der Waals surface area contributed by atoms with E-state index in [0.717, 1.165) is 5.52 Å². The monoisotopic (exact) mass is 377 g/mol. The Morgan fingerprint density at radius 1 is 1.38 bits per heavy atom. The number of hydrogen-bond acceptors (Lipinski definition) is 3. The maximum Gasteiger partial charge on any atom is 0.407 e. The van der Waals surface area contributed by atoms with Gasteiger partial charge >= 0.3 is 6.09 Å². The van der Waals surface area contributed by atoms with Crippen molar-refractivity contribution in [1.29, 1.82) is 0 Å². The topological polar surface area (TPSA) is 109 Å². The van der Waals surface area contributed by atoms with Gasteiger partial charge in [-0.05, 0) is 56.0 Å². The molecular formula is C17H20ClN5O3. The van der Waals surface area contributed by atoms with Crippen LogP contribution in [0, 0.1) is 0 Å². The smallest absolute Gasteiger partial charge is 0.407 e. The summed E-state index contributed by atoms with van der Waals surface area (Å²) in [5.74, 6) is -0.662. The Morgan fingerprint density at radius 2 is 2.12 bits per heavy atom. The van der Waals surface area contributed by atoms with E-state index < -0.39 is 17.6 Å². The third-order valence-electron chi connectivity index (χ3n) is 3.45. The van der Waals surface area contributed by atoms with E-state index in [4.69, 9.17) is 21.9 Å². The van der Waals surface area contributed by atoms with Crippen LogP contribution in [0.15, 0.2) is 29.5 Å². The number of carbonyl (C=O) groups excluding carboxylic acids is 2. The number of azide groups is 1. The number of halogens is 1. The molecule has 0 saturated heterocycles. The molecule has 0 radical (unpaired) electrons. The molecule has 0 unspecified atom stereocenters. The van der Waals surface area contributed by atoms with Gasteiger partial charge in [-0.25, -0.2) is 4.79 Å². The number of amides is 2. The highest BCUT2D eigenvalue weighted by Gasteiger charge is 2.16. The fraction of sp³-hybridized carbons (Fsp3) is 0.412. The van der Waals surface area contributed by atoms with Crippen molar-refractivity contribution in [3.8, 4) is 0 Å². The summed E-state index contributed by atoms with van der Waals surface area (Å²) in [6, 6.07) is 5.18. The summed E-state index contributed by atoms with van der Waals surface area (Å²) < 4.78 is 7.04. The summed E-state index contributed by atoms with van der Waals surface area (Å²) in [4.78, 5) is 26.2. The van der Waals surface area contributed by atoms with Crippen molar-refractivity contribution in [1.82, 2.24) is 9.88 Å². The molecule has 2 aromatic rings. The van der Waals surface area contributed by atoms with Gasteiger partial charge in [0.15, 0.2) is 0 Å². The van der Waals surface area contributed by atoms with E-state index in [0.29, 0.717) is 35.5 Å². The molecule has 0 fully saturated rings. The van der Waals surface area contributed by atoms with Gasteiger partial charge in [0.1, 0.15) is 5.60 Å². The molecule has 9 heteroatoms. The van der Waals surface area contributed by atoms with Crippen LogP contribution in [0.25, 0.3) is 21.3 Å². The Balaban J connectivity index is 2.09. The number of fused-ring (bicyclic) bond motifs is 1. The Morgan fingerprint density at radius 3 is 2.77 bits per heavy atom. The van der Waals surface area contributed by atoms with Gasteiger partial charge in [-0.2, -0.15) is 0 Å². The average Bonchev–Trinajstić information content (AvgIpc) is 2.88. The lowest BCUT2D eigenvalue weighted by Gasteiger charge is -2.19. The molecule has 138 valence electrons. The zero-order valence-corrected chi connectivity index (χ0v) is 15.6. The van der Waals surface area contributed by atoms with E-state index in [1.54, 1.807) is 45.2 Å². The molecule has 0 atom stereocenters. The normalized spacial score (nSPS) is 11.1. The average molecular weight is 378 g/mol. The molecule has 0 aliphatic carbocycles. The zero-order chi connectivity index (χ0) is 19.3. The lowest BCUT2D eigenvalue weighted by molar-refractivity contribution is 0.0526. The molecule has 1 N–H and O–H groups in total. The van der Waals surface area contributed by atoms with E-state index in [9.17, 15) is 9.59 Å². The summed E-state index contributed by atoms with van der Waals surface area (Å²) in [7, 11) is 0. The van der Waals surface area contributed by atoms with Crippen LogP contribution in [0.5, 0.6) is 0 Å². The first-order valence-corrected chi connectivity index (χ1v) is 8.44. The highest BCUT2D eigenvalue weighted by Crippen LogP contribution is 2.26. The Labute approximate surface area is 155 Å². The summed E-state index contributed by atoms with van der Waals surface area (Å²) in [6.07, 6.45) is 1.78. The van der Waals surface area contributed by atoms with Crippen molar-refractivity contribution < 1.29 is 14.3 Å². The summed E-state index contributed by atoms with van der Waals surface area (Å²) in [5, 5.41) is 6.94. The molecule has 1 aromatic carbocycles. The van der Waals surface area contributed by atoms with Crippen molar-refractivity contribution in [2.75, 3.05) is 6.54 Å². The molecule has 0 spiro atoms. The van der Waals surface area contributed by atoms with Crippen molar-refractivity contribution in [2.45, 2.75) is 39.3 Å². The number of alkyl carbamates (subject to hydrolysis) is 1. The van der Waals surface area contributed by atoms with Gasteiger partial charge in [0.2, 0.25) is 0 Å². The van der Waals surface area contributed by atoms with E-state index in [1.807, 2.05) is 4.57 Å². The van der Waals surface area contributed by atoms with Crippen LogP contribution >= 0.6 is 11.6 Å². The van der Waals surface area contributed by atoms with E-state index >= 15 is 0 Å². The number of benzene rings is 1. The number of hydrogen-bond donors (Lipinski definition) is 1. The number of aromatic nitrogens is 1. The van der Waals surface area contributed by atoms with Gasteiger partial charge in [-0.15, -0.1) is 0 Å². The van der Waals surface area contributed by atoms with Crippen LogP contribution in [0.1, 0.15) is 37.6 Å². The van der Waals surface area contributed by atoms with Crippen molar-refractivity contribution in [3.63, 3.8) is 0 Å². The lowest BCUT2D eigenvalue weighted by atomic mass is 10.2. The predicted octanol–water partition coefficient (Wildman–Crippen LogP) is 4.66. The SMILES string of the molecule is CC(C)(C)OC(=O)NCCCn1cc(C(=O)N=[N+]=[N-])c2cc(Cl)ccc21. The molecule has 1 heterocycles. The highest BCUT2D eigenvalue weighted by atomic mass is 35.5. The lowest BCUT2D eigenvalue weighted by Crippen LogP contribution is -2.33. The second-order valence-corrected chi connectivity index (χ2v) is 7.11. The minimum atomic E-state index is -0.662. The number of ether oxygens (including phenoxy) is 1. The van der Waals surface area contributed by atoms with Crippen molar-refractivity contribution >= 4 is 34.5 Å². The maximum atomic E-state index is 12.0. The van der Waals surface area contributed by atoms with Gasteiger partial charge in [-0.1, -0.05) is 11.6 Å². The molecule has 8 nitrogen and oxygen atoms in total. The first kappa shape index (κ1) is 19.6. The first-order chi connectivity index (χ1) is 12.2. The molecule has 0 bridgehead atoms. The van der Waals surface area contributed by atoms with E-state index in [2.05, 4.69) is 15.3 Å². The molecule has 2 rings (SSSR count). The minimum Gasteiger partial charge on any atom is -0.444 e. The van der Waals surface area contributed by atoms with Crippen LogP contribution in [0.2, 0.25) is 5.02 Å². The number of nitrogens with zero attached hydrogens (tertiary/aromatic N) is 4. The first-order valence-electron chi connectivity index (χ1n) is 8.06. The highest BCUT2D eigenvalue weighted by molar-refractivity contribution is 6.31. The maximum absolute atomic E-state index is 12.0. The van der Waals surface area contributed by atoms with Crippen LogP contribution < -0.4 is 5.32 Å². The molecule has 1 aromatic heterocycles. The van der Waals surface area contributed by atoms with Crippen molar-refractivity contribution in [2.24, 2.45) is 5.11 Å². The molecule has 2 amide bonds. The molecule has 26 heavy (non-hydrogen) atoms. The number of nitrogens with one attached hydrogen (secondary N) is 1. The van der Waals surface area contributed by atoms with Crippen molar-refractivity contribution in [3.05, 3.63) is 45.4 Å². The van der Waals surface area contributed by atoms with Crippen LogP contribution in [0.3, 0.4) is 0 Å². The summed E-state index contributed by atoms with van der Waals surface area (Å²) in [6.45, 7) is 6.36. The van der Waals surface area contributed by atoms with Crippen LogP contribution in [-0.2, 0) is 11.3 Å². The van der Waals surface area contributed by atoms with Gasteiger partial charge in [0, 0.05) is 45.7 Å². The van der Waals surface area contributed by atoms with Gasteiger partial charge in [-0.3, -0.25) is 4.79 Å². The Kier molecular flexibility index (Phi) is 6.13. The summed E-state index contributed by atoms with van der Waals surface area (Å²) >= 11 is 6.01. The molecule has 0 saturated carbocycles. The Hall–Kier alpha value is -2.70.